The number of hydrogen-bond donors (Lipinski definition) is 1. The van der Waals surface area contributed by atoms with Crippen LogP contribution >= 0.6 is 11.6 Å². The number of nitrogens with two attached hydrogens (primary N) is 1. The highest BCUT2D eigenvalue weighted by Crippen LogP contribution is 2.20. The van der Waals surface area contributed by atoms with Crippen molar-refractivity contribution in [2.24, 2.45) is 0 Å². The van der Waals surface area contributed by atoms with E-state index in [4.69, 9.17) is 26.8 Å². The fourth-order valence-electron chi connectivity index (χ4n) is 2.35. The third-order valence-corrected chi connectivity index (χ3v) is 3.67. The first-order valence-electron chi connectivity index (χ1n) is 7.02. The van der Waals surface area contributed by atoms with Gasteiger partial charge in [-0.15, -0.1) is 0 Å². The van der Waals surface area contributed by atoms with E-state index in [0.717, 1.165) is 0 Å². The van der Waals surface area contributed by atoms with Gasteiger partial charge in [0.05, 0.1) is 28.5 Å². The van der Waals surface area contributed by atoms with Crippen LogP contribution in [0.2, 0.25) is 5.02 Å². The van der Waals surface area contributed by atoms with Crippen LogP contribution < -0.4 is 5.73 Å². The second-order valence-electron chi connectivity index (χ2n) is 5.37. The molecule has 1 aliphatic heterocycles. The van der Waals surface area contributed by atoms with Crippen molar-refractivity contribution in [3.63, 3.8) is 0 Å². The molecule has 1 aromatic rings. The average Bonchev–Trinajstić information content (AvgIpc) is 2.46. The smallest absolute Gasteiger partial charge is 0.338 e. The molecule has 2 rings (SSSR count). The van der Waals surface area contributed by atoms with Gasteiger partial charge < -0.3 is 20.1 Å². The first-order valence-corrected chi connectivity index (χ1v) is 7.40. The third kappa shape index (κ3) is 4.11. The van der Waals surface area contributed by atoms with Crippen LogP contribution in [-0.4, -0.2) is 48.7 Å². The van der Waals surface area contributed by atoms with E-state index in [1.54, 1.807) is 4.90 Å². The van der Waals surface area contributed by atoms with Crippen molar-refractivity contribution in [3.05, 3.63) is 28.8 Å². The number of amides is 1. The minimum absolute atomic E-state index is 0.0283. The molecule has 0 aliphatic carbocycles. The number of halogens is 1. The van der Waals surface area contributed by atoms with Crippen LogP contribution in [0.3, 0.4) is 0 Å². The van der Waals surface area contributed by atoms with Crippen molar-refractivity contribution < 1.29 is 19.1 Å². The van der Waals surface area contributed by atoms with E-state index in [9.17, 15) is 9.59 Å². The van der Waals surface area contributed by atoms with Crippen molar-refractivity contribution in [2.45, 2.75) is 26.1 Å². The van der Waals surface area contributed by atoms with Crippen LogP contribution in [0.5, 0.6) is 0 Å². The van der Waals surface area contributed by atoms with E-state index in [1.165, 1.54) is 18.2 Å². The van der Waals surface area contributed by atoms with Gasteiger partial charge in [-0.3, -0.25) is 4.79 Å². The normalized spacial score (nSPS) is 21.5. The summed E-state index contributed by atoms with van der Waals surface area (Å²) in [6, 6.07) is 4.44. The quantitative estimate of drug-likeness (QED) is 0.675. The Bertz CT molecular complexity index is 569. The molecule has 1 saturated heterocycles. The topological polar surface area (TPSA) is 81.9 Å². The van der Waals surface area contributed by atoms with Crippen molar-refractivity contribution in [2.75, 3.05) is 25.4 Å². The Labute approximate surface area is 134 Å². The summed E-state index contributed by atoms with van der Waals surface area (Å²) in [4.78, 5) is 25.6. The molecular formula is C15H19ClN2O4. The summed E-state index contributed by atoms with van der Waals surface area (Å²) in [6.45, 7) is 4.49. The highest BCUT2D eigenvalue weighted by Gasteiger charge is 2.26. The van der Waals surface area contributed by atoms with E-state index in [0.29, 0.717) is 23.8 Å². The number of ether oxygens (including phenoxy) is 2. The van der Waals surface area contributed by atoms with Gasteiger partial charge in [0, 0.05) is 13.1 Å². The Morgan fingerprint density at radius 3 is 2.59 bits per heavy atom. The predicted octanol–water partition coefficient (Wildman–Crippen LogP) is 1.71. The van der Waals surface area contributed by atoms with Crippen LogP contribution in [0.1, 0.15) is 24.2 Å². The standard InChI is InChI=1S/C15H19ClN2O4/c1-9-6-18(7-10(2)22-9)14(19)8-21-15(20)11-3-4-12(16)13(17)5-11/h3-5,9-10H,6-8,17H2,1-2H3/t9-,10-/m0/s1. The summed E-state index contributed by atoms with van der Waals surface area (Å²) in [5, 5.41) is 0.365. The fourth-order valence-corrected chi connectivity index (χ4v) is 2.47. The molecule has 1 aliphatic rings. The number of morpholine rings is 1. The van der Waals surface area contributed by atoms with Crippen LogP contribution in [0.4, 0.5) is 5.69 Å². The van der Waals surface area contributed by atoms with Crippen LogP contribution in [0.15, 0.2) is 18.2 Å². The zero-order valence-electron chi connectivity index (χ0n) is 12.5. The lowest BCUT2D eigenvalue weighted by molar-refractivity contribution is -0.146. The number of benzene rings is 1. The minimum Gasteiger partial charge on any atom is -0.452 e. The second kappa shape index (κ2) is 6.98. The molecule has 0 unspecified atom stereocenters. The van der Waals surface area contributed by atoms with Crippen LogP contribution in [0.25, 0.3) is 0 Å². The molecule has 120 valence electrons. The highest BCUT2D eigenvalue weighted by atomic mass is 35.5. The molecule has 22 heavy (non-hydrogen) atoms. The zero-order chi connectivity index (χ0) is 16.3. The molecule has 1 fully saturated rings. The number of nitrogen functional groups attached to an aromatic ring is 1. The van der Waals surface area contributed by atoms with Crippen LogP contribution in [-0.2, 0) is 14.3 Å². The molecule has 0 bridgehead atoms. The van der Waals surface area contributed by atoms with Gasteiger partial charge >= 0.3 is 5.97 Å². The van der Waals surface area contributed by atoms with E-state index in [1.807, 2.05) is 13.8 Å². The van der Waals surface area contributed by atoms with Gasteiger partial charge in [-0.1, -0.05) is 11.6 Å². The maximum atomic E-state index is 12.1. The number of esters is 1. The van der Waals surface area contributed by atoms with E-state index in [-0.39, 0.29) is 30.3 Å². The van der Waals surface area contributed by atoms with Crippen LogP contribution in [0, 0.1) is 0 Å². The fraction of sp³-hybridized carbons (Fsp3) is 0.467. The van der Waals surface area contributed by atoms with E-state index >= 15 is 0 Å². The molecule has 7 heteroatoms. The molecule has 1 aromatic carbocycles. The number of nitrogens with zero attached hydrogens (tertiary/aromatic N) is 1. The molecule has 1 heterocycles. The number of rotatable bonds is 3. The van der Waals surface area contributed by atoms with Crippen molar-refractivity contribution in [1.82, 2.24) is 4.90 Å². The largest absolute Gasteiger partial charge is 0.452 e. The lowest BCUT2D eigenvalue weighted by atomic mass is 10.2. The first kappa shape index (κ1) is 16.6. The van der Waals surface area contributed by atoms with Gasteiger partial charge in [0.2, 0.25) is 0 Å². The van der Waals surface area contributed by atoms with Gasteiger partial charge in [0.25, 0.3) is 5.91 Å². The Balaban J connectivity index is 1.90. The zero-order valence-corrected chi connectivity index (χ0v) is 13.3. The number of hydrogen-bond acceptors (Lipinski definition) is 5. The molecule has 0 saturated carbocycles. The Kier molecular flexibility index (Phi) is 5.26. The summed E-state index contributed by atoms with van der Waals surface area (Å²) in [6.07, 6.45) is -0.0565. The Morgan fingerprint density at radius 1 is 1.36 bits per heavy atom. The van der Waals surface area contributed by atoms with Gasteiger partial charge in [-0.05, 0) is 32.0 Å². The SMILES string of the molecule is C[C@H]1CN(C(=O)COC(=O)c2ccc(Cl)c(N)c2)C[C@H](C)O1. The minimum atomic E-state index is -0.605. The third-order valence-electron chi connectivity index (χ3n) is 3.33. The van der Waals surface area contributed by atoms with Gasteiger partial charge in [0.15, 0.2) is 6.61 Å². The molecular weight excluding hydrogens is 308 g/mol. The van der Waals surface area contributed by atoms with E-state index < -0.39 is 5.97 Å². The number of carbonyl (C=O) groups is 2. The summed E-state index contributed by atoms with van der Waals surface area (Å²) >= 11 is 5.79. The van der Waals surface area contributed by atoms with Crippen molar-refractivity contribution in [3.8, 4) is 0 Å². The van der Waals surface area contributed by atoms with E-state index in [2.05, 4.69) is 0 Å². The Morgan fingerprint density at radius 2 is 2.00 bits per heavy atom. The molecule has 0 spiro atoms. The summed E-state index contributed by atoms with van der Waals surface area (Å²) in [7, 11) is 0. The van der Waals surface area contributed by atoms with Gasteiger partial charge in [-0.2, -0.15) is 0 Å². The number of carbonyl (C=O) groups excluding carboxylic acids is 2. The molecule has 6 nitrogen and oxygen atoms in total. The summed E-state index contributed by atoms with van der Waals surface area (Å²) in [5.41, 5.74) is 6.19. The predicted molar refractivity (Wildman–Crippen MR) is 82.7 cm³/mol. The summed E-state index contributed by atoms with van der Waals surface area (Å²) < 4.78 is 10.6. The lowest BCUT2D eigenvalue weighted by Gasteiger charge is -2.35. The molecule has 2 N–H and O–H groups in total. The maximum absolute atomic E-state index is 12.1. The molecule has 0 aromatic heterocycles. The Hall–Kier alpha value is -1.79. The average molecular weight is 327 g/mol. The second-order valence-corrected chi connectivity index (χ2v) is 5.78. The molecule has 1 amide bonds. The first-order chi connectivity index (χ1) is 10.4. The molecule has 0 radical (unpaired) electrons. The van der Waals surface area contributed by atoms with Gasteiger partial charge in [0.1, 0.15) is 0 Å². The lowest BCUT2D eigenvalue weighted by Crippen LogP contribution is -2.49. The maximum Gasteiger partial charge on any atom is 0.338 e. The molecule has 2 atom stereocenters. The summed E-state index contributed by atoms with van der Waals surface area (Å²) in [5.74, 6) is -0.844. The van der Waals surface area contributed by atoms with Gasteiger partial charge in [-0.25, -0.2) is 4.79 Å². The van der Waals surface area contributed by atoms with Crippen molar-refractivity contribution in [1.29, 1.82) is 0 Å². The number of anilines is 1. The van der Waals surface area contributed by atoms with Crippen molar-refractivity contribution >= 4 is 29.2 Å². The monoisotopic (exact) mass is 326 g/mol. The highest BCUT2D eigenvalue weighted by molar-refractivity contribution is 6.33.